The van der Waals surface area contributed by atoms with Gasteiger partial charge in [0.1, 0.15) is 0 Å². The van der Waals surface area contributed by atoms with Crippen LogP contribution in [-0.4, -0.2) is 19.0 Å². The van der Waals surface area contributed by atoms with Gasteiger partial charge in [0.2, 0.25) is 6.43 Å². The summed E-state index contributed by atoms with van der Waals surface area (Å²) in [5.74, 6) is 0. The highest BCUT2D eigenvalue weighted by atomic mass is 19.3. The van der Waals surface area contributed by atoms with Crippen molar-refractivity contribution in [2.75, 3.05) is 6.54 Å². The maximum atomic E-state index is 11.9. The van der Waals surface area contributed by atoms with E-state index in [0.717, 1.165) is 19.4 Å². The molecule has 11 heavy (non-hydrogen) atoms. The first kappa shape index (κ1) is 10.8. The van der Waals surface area contributed by atoms with Crippen molar-refractivity contribution < 1.29 is 8.78 Å². The van der Waals surface area contributed by atoms with Crippen LogP contribution in [0.1, 0.15) is 33.1 Å². The number of rotatable bonds is 6. The zero-order valence-corrected chi connectivity index (χ0v) is 7.24. The Hall–Kier alpha value is -0.180. The molecule has 0 aromatic heterocycles. The highest BCUT2D eigenvalue weighted by Crippen LogP contribution is 2.06. The van der Waals surface area contributed by atoms with Crippen LogP contribution in [-0.2, 0) is 0 Å². The first-order valence-corrected chi connectivity index (χ1v) is 4.22. The highest BCUT2D eigenvalue weighted by molar-refractivity contribution is 4.65. The predicted molar refractivity (Wildman–Crippen MR) is 43.0 cm³/mol. The number of hydrogen-bond acceptors (Lipinski definition) is 1. The Bertz CT molecular complexity index is 86.2. The minimum absolute atomic E-state index is 0.00468. The van der Waals surface area contributed by atoms with Crippen LogP contribution in [0.5, 0.6) is 0 Å². The monoisotopic (exact) mass is 165 g/mol. The summed E-state index contributed by atoms with van der Waals surface area (Å²) in [6.07, 6.45) is -0.412. The number of nitrogens with one attached hydrogen (secondary N) is 1. The van der Waals surface area contributed by atoms with Crippen LogP contribution in [0, 0.1) is 0 Å². The van der Waals surface area contributed by atoms with Crippen LogP contribution in [0.2, 0.25) is 0 Å². The van der Waals surface area contributed by atoms with Gasteiger partial charge >= 0.3 is 0 Å². The average molecular weight is 165 g/mol. The van der Waals surface area contributed by atoms with Crippen LogP contribution in [0.15, 0.2) is 0 Å². The maximum Gasteiger partial charge on any atom is 0.240 e. The second-order valence-electron chi connectivity index (χ2n) is 2.69. The first-order chi connectivity index (χ1) is 5.20. The Morgan fingerprint density at radius 1 is 1.27 bits per heavy atom. The van der Waals surface area contributed by atoms with E-state index in [0.29, 0.717) is 0 Å². The fraction of sp³-hybridized carbons (Fsp3) is 1.00. The third-order valence-electron chi connectivity index (χ3n) is 1.64. The van der Waals surface area contributed by atoms with Crippen molar-refractivity contribution in [3.8, 4) is 0 Å². The molecular formula is C8H17F2N. The number of hydrogen-bond donors (Lipinski definition) is 1. The molecule has 0 aliphatic rings. The van der Waals surface area contributed by atoms with Gasteiger partial charge in [0.05, 0.1) is 0 Å². The largest absolute Gasteiger partial charge is 0.314 e. The lowest BCUT2D eigenvalue weighted by molar-refractivity contribution is 0.121. The van der Waals surface area contributed by atoms with Crippen molar-refractivity contribution in [3.63, 3.8) is 0 Å². The molecule has 0 unspecified atom stereocenters. The number of alkyl halides is 2. The third kappa shape index (κ3) is 6.23. The molecule has 68 valence electrons. The van der Waals surface area contributed by atoms with Crippen LogP contribution in [0.3, 0.4) is 0 Å². The Morgan fingerprint density at radius 2 is 1.91 bits per heavy atom. The molecule has 0 radical (unpaired) electrons. The van der Waals surface area contributed by atoms with Crippen LogP contribution < -0.4 is 5.32 Å². The Kier molecular flexibility index (Phi) is 6.42. The zero-order valence-electron chi connectivity index (χ0n) is 7.24. The molecule has 0 saturated heterocycles. The van der Waals surface area contributed by atoms with Crippen molar-refractivity contribution >= 4 is 0 Å². The standard InChI is InChI=1S/C8H17F2N/c1-3-5-11-7(4-2)6-8(9)10/h7-8,11H,3-6H2,1-2H3/t7-/m0/s1. The van der Waals surface area contributed by atoms with Gasteiger partial charge in [0.15, 0.2) is 0 Å². The summed E-state index contributed by atoms with van der Waals surface area (Å²) in [7, 11) is 0. The van der Waals surface area contributed by atoms with Crippen molar-refractivity contribution in [1.29, 1.82) is 0 Å². The van der Waals surface area contributed by atoms with Crippen LogP contribution in [0.25, 0.3) is 0 Å². The molecular weight excluding hydrogens is 148 g/mol. The van der Waals surface area contributed by atoms with E-state index in [1.807, 2.05) is 13.8 Å². The van der Waals surface area contributed by atoms with E-state index in [1.54, 1.807) is 0 Å². The molecule has 0 saturated carbocycles. The van der Waals surface area contributed by atoms with E-state index in [4.69, 9.17) is 0 Å². The van der Waals surface area contributed by atoms with E-state index in [1.165, 1.54) is 0 Å². The molecule has 1 N–H and O–H groups in total. The summed E-state index contributed by atoms with van der Waals surface area (Å²) in [5, 5.41) is 3.07. The van der Waals surface area contributed by atoms with Gasteiger partial charge in [0.25, 0.3) is 0 Å². The molecule has 3 heteroatoms. The van der Waals surface area contributed by atoms with E-state index in [9.17, 15) is 8.78 Å². The predicted octanol–water partition coefficient (Wildman–Crippen LogP) is 2.42. The summed E-state index contributed by atoms with van der Waals surface area (Å²) < 4.78 is 23.7. The van der Waals surface area contributed by atoms with Crippen LogP contribution in [0.4, 0.5) is 8.78 Å². The van der Waals surface area contributed by atoms with Crippen molar-refractivity contribution in [2.24, 2.45) is 0 Å². The minimum Gasteiger partial charge on any atom is -0.314 e. The van der Waals surface area contributed by atoms with E-state index < -0.39 is 6.43 Å². The molecule has 0 aromatic carbocycles. The second-order valence-corrected chi connectivity index (χ2v) is 2.69. The van der Waals surface area contributed by atoms with Gasteiger partial charge < -0.3 is 5.32 Å². The molecule has 0 rings (SSSR count). The van der Waals surface area contributed by atoms with E-state index in [-0.39, 0.29) is 12.5 Å². The molecule has 0 aliphatic heterocycles. The lowest BCUT2D eigenvalue weighted by Gasteiger charge is -2.15. The summed E-state index contributed by atoms with van der Waals surface area (Å²) in [6, 6.07) is -0.00468. The van der Waals surface area contributed by atoms with Crippen molar-refractivity contribution in [2.45, 2.75) is 45.6 Å². The SMILES string of the molecule is CCCN[C@@H](CC)CC(F)F. The molecule has 0 fully saturated rings. The molecule has 0 bridgehead atoms. The van der Waals surface area contributed by atoms with Gasteiger partial charge in [-0.2, -0.15) is 0 Å². The lowest BCUT2D eigenvalue weighted by atomic mass is 10.1. The summed E-state index contributed by atoms with van der Waals surface area (Å²) in [6.45, 7) is 4.79. The molecule has 1 atom stereocenters. The topological polar surface area (TPSA) is 12.0 Å². The van der Waals surface area contributed by atoms with E-state index >= 15 is 0 Å². The van der Waals surface area contributed by atoms with Gasteiger partial charge in [0, 0.05) is 12.5 Å². The zero-order chi connectivity index (χ0) is 8.69. The van der Waals surface area contributed by atoms with Crippen molar-refractivity contribution in [3.05, 3.63) is 0 Å². The van der Waals surface area contributed by atoms with Gasteiger partial charge in [-0.1, -0.05) is 13.8 Å². The second kappa shape index (κ2) is 6.53. The average Bonchev–Trinajstić information content (AvgIpc) is 1.97. The Balaban J connectivity index is 3.41. The highest BCUT2D eigenvalue weighted by Gasteiger charge is 2.11. The molecule has 0 heterocycles. The van der Waals surface area contributed by atoms with Crippen molar-refractivity contribution in [1.82, 2.24) is 5.32 Å². The summed E-state index contributed by atoms with van der Waals surface area (Å²) >= 11 is 0. The normalized spacial score (nSPS) is 13.9. The summed E-state index contributed by atoms with van der Waals surface area (Å²) in [4.78, 5) is 0. The Labute approximate surface area is 67.2 Å². The van der Waals surface area contributed by atoms with E-state index in [2.05, 4.69) is 5.32 Å². The minimum atomic E-state index is -2.18. The molecule has 0 aliphatic carbocycles. The van der Waals surface area contributed by atoms with Gasteiger partial charge in [-0.3, -0.25) is 0 Å². The smallest absolute Gasteiger partial charge is 0.240 e. The molecule has 0 aromatic rings. The van der Waals surface area contributed by atoms with Gasteiger partial charge in [-0.15, -0.1) is 0 Å². The molecule has 0 spiro atoms. The third-order valence-corrected chi connectivity index (χ3v) is 1.64. The fourth-order valence-corrected chi connectivity index (χ4v) is 0.958. The summed E-state index contributed by atoms with van der Waals surface area (Å²) in [5.41, 5.74) is 0. The lowest BCUT2D eigenvalue weighted by Crippen LogP contribution is -2.30. The maximum absolute atomic E-state index is 11.9. The molecule has 1 nitrogen and oxygen atoms in total. The van der Waals surface area contributed by atoms with Crippen LogP contribution >= 0.6 is 0 Å². The van der Waals surface area contributed by atoms with Gasteiger partial charge in [-0.05, 0) is 19.4 Å². The Morgan fingerprint density at radius 3 is 2.27 bits per heavy atom. The number of halogens is 2. The van der Waals surface area contributed by atoms with Gasteiger partial charge in [-0.25, -0.2) is 8.78 Å². The quantitative estimate of drug-likeness (QED) is 0.637. The first-order valence-electron chi connectivity index (χ1n) is 4.22. The fourth-order valence-electron chi connectivity index (χ4n) is 0.958. The molecule has 0 amide bonds.